The summed E-state index contributed by atoms with van der Waals surface area (Å²) in [6.45, 7) is 12.4. The first kappa shape index (κ1) is 36.4. The molecule has 1 aliphatic rings. The Morgan fingerprint density at radius 2 is 1.59 bits per heavy atom. The molecular weight excluding hydrogens is 661 g/mol. The molecule has 0 aromatic carbocycles. The zero-order chi connectivity index (χ0) is 31.2. The summed E-state index contributed by atoms with van der Waals surface area (Å²) in [5.74, 6) is 0.250. The lowest BCUT2D eigenvalue weighted by Crippen LogP contribution is -2.34. The van der Waals surface area contributed by atoms with E-state index in [9.17, 15) is 18.9 Å². The molecule has 0 radical (unpaired) electrons. The van der Waals surface area contributed by atoms with Gasteiger partial charge in [0.05, 0.1) is 30.4 Å². The van der Waals surface area contributed by atoms with Gasteiger partial charge in [-0.15, -0.1) is 0 Å². The molecule has 4 atom stereocenters. The van der Waals surface area contributed by atoms with E-state index in [0.717, 1.165) is 23.5 Å². The molecule has 0 aliphatic carbocycles. The molecule has 1 aliphatic heterocycles. The molecule has 16 heteroatoms. The number of carbonyl (C=O) groups excluding carboxylic acids is 2. The number of methoxy groups -OCH3 is 1. The minimum Gasteiger partial charge on any atom is -0.383 e. The van der Waals surface area contributed by atoms with Crippen molar-refractivity contribution in [1.82, 2.24) is 9.55 Å². The maximum Gasteiger partial charge on any atom is 0.474 e. The van der Waals surface area contributed by atoms with Crippen molar-refractivity contribution in [3.63, 3.8) is 0 Å². The molecule has 12 nitrogen and oxygen atoms in total. The fourth-order valence-electron chi connectivity index (χ4n) is 3.51. The Morgan fingerprint density at radius 1 is 1.07 bits per heavy atom. The van der Waals surface area contributed by atoms with Crippen molar-refractivity contribution < 1.29 is 37.2 Å². The van der Waals surface area contributed by atoms with Crippen LogP contribution in [0.1, 0.15) is 54.7 Å². The summed E-state index contributed by atoms with van der Waals surface area (Å²) in [7, 11) is -2.62. The van der Waals surface area contributed by atoms with Gasteiger partial charge < -0.3 is 15.2 Å². The quantitative estimate of drug-likeness (QED) is 0.219. The van der Waals surface area contributed by atoms with Gasteiger partial charge in [0.1, 0.15) is 11.9 Å². The van der Waals surface area contributed by atoms with Crippen LogP contribution in [0.25, 0.3) is 0 Å². The molecule has 2 N–H and O–H groups in total. The summed E-state index contributed by atoms with van der Waals surface area (Å²) in [5, 5.41) is -0.0579. The molecule has 41 heavy (non-hydrogen) atoms. The molecular formula is C25H41BrN3O9PS2. The summed E-state index contributed by atoms with van der Waals surface area (Å²) in [6, 6.07) is 0. The smallest absolute Gasteiger partial charge is 0.383 e. The molecule has 0 unspecified atom stereocenters. The van der Waals surface area contributed by atoms with Crippen LogP contribution in [0.15, 0.2) is 15.5 Å². The highest BCUT2D eigenvalue weighted by atomic mass is 79.9. The third kappa shape index (κ3) is 10.7. The van der Waals surface area contributed by atoms with Crippen molar-refractivity contribution in [2.45, 2.75) is 66.9 Å². The van der Waals surface area contributed by atoms with Crippen molar-refractivity contribution in [2.75, 3.05) is 44.2 Å². The van der Waals surface area contributed by atoms with E-state index in [1.54, 1.807) is 0 Å². The highest BCUT2D eigenvalue weighted by Gasteiger charge is 2.45. The number of carbonyl (C=O) groups is 2. The van der Waals surface area contributed by atoms with Gasteiger partial charge in [-0.2, -0.15) is 4.98 Å². The van der Waals surface area contributed by atoms with Gasteiger partial charge in [-0.25, -0.2) is 9.36 Å². The van der Waals surface area contributed by atoms with E-state index < -0.39 is 42.8 Å². The zero-order valence-corrected chi connectivity index (χ0v) is 28.8. The predicted octanol–water partition coefficient (Wildman–Crippen LogP) is 4.91. The lowest BCUT2D eigenvalue weighted by atomic mass is 9.99. The Morgan fingerprint density at radius 3 is 2.05 bits per heavy atom. The van der Waals surface area contributed by atoms with Crippen LogP contribution in [0.4, 0.5) is 5.82 Å². The summed E-state index contributed by atoms with van der Waals surface area (Å²) in [4.78, 5) is 40.8. The average molecular weight is 703 g/mol. The Bertz CT molecular complexity index is 1130. The molecule has 1 aromatic heterocycles. The van der Waals surface area contributed by atoms with E-state index in [1.165, 1.54) is 17.9 Å². The fraction of sp³-hybridized carbons (Fsp3) is 0.760. The van der Waals surface area contributed by atoms with Crippen LogP contribution in [0, 0.1) is 16.7 Å². The van der Waals surface area contributed by atoms with Gasteiger partial charge in [-0.05, 0) is 15.9 Å². The second-order valence-corrected chi connectivity index (χ2v) is 16.1. The first-order valence-electron chi connectivity index (χ1n) is 13.0. The minimum atomic E-state index is -4.12. The molecule has 0 saturated carbocycles. The number of rotatable bonds is 13. The Kier molecular flexibility index (Phi) is 13.6. The summed E-state index contributed by atoms with van der Waals surface area (Å²) < 4.78 is 43.8. The van der Waals surface area contributed by atoms with Gasteiger partial charge in [0.25, 0.3) is 0 Å². The number of anilines is 1. The summed E-state index contributed by atoms with van der Waals surface area (Å²) in [5.41, 5.74) is 4.05. The number of nitrogens with zero attached hydrogens (tertiary/aromatic N) is 2. The number of hydrogen-bond donors (Lipinski definition) is 1. The number of phosphoric ester groups is 1. The van der Waals surface area contributed by atoms with Crippen molar-refractivity contribution in [1.29, 1.82) is 0 Å². The molecule has 0 bridgehead atoms. The maximum atomic E-state index is 13.6. The molecule has 1 saturated heterocycles. The van der Waals surface area contributed by atoms with E-state index in [0.29, 0.717) is 4.47 Å². The molecule has 234 valence electrons. The Balaban J connectivity index is 2.10. The van der Waals surface area contributed by atoms with Crippen molar-refractivity contribution >= 4 is 63.3 Å². The van der Waals surface area contributed by atoms with Gasteiger partial charge in [0, 0.05) is 41.6 Å². The average Bonchev–Trinajstić information content (AvgIpc) is 3.19. The van der Waals surface area contributed by atoms with Crippen LogP contribution < -0.4 is 11.4 Å². The van der Waals surface area contributed by atoms with Gasteiger partial charge >= 0.3 is 13.5 Å². The molecule has 1 fully saturated rings. The van der Waals surface area contributed by atoms with Crippen molar-refractivity contribution in [3.8, 4) is 0 Å². The predicted molar refractivity (Wildman–Crippen MR) is 164 cm³/mol. The lowest BCUT2D eigenvalue weighted by Gasteiger charge is -2.22. The maximum absolute atomic E-state index is 13.6. The van der Waals surface area contributed by atoms with Gasteiger partial charge in [0.2, 0.25) is 0 Å². The summed E-state index contributed by atoms with van der Waals surface area (Å²) in [6.07, 6.45) is -0.579. The van der Waals surface area contributed by atoms with Gasteiger partial charge in [0.15, 0.2) is 16.5 Å². The number of ether oxygens (including phenoxy) is 2. The number of halogens is 1. The number of nitrogen functional groups attached to an aromatic ring is 1. The zero-order valence-electron chi connectivity index (χ0n) is 24.7. The molecule has 1 aromatic rings. The number of thioether (sulfide) groups is 2. The van der Waals surface area contributed by atoms with Crippen LogP contribution in [0.2, 0.25) is 0 Å². The van der Waals surface area contributed by atoms with Crippen LogP contribution in [-0.4, -0.2) is 70.4 Å². The highest BCUT2D eigenvalue weighted by molar-refractivity contribution is 9.10. The van der Waals surface area contributed by atoms with E-state index in [-0.39, 0.29) is 53.3 Å². The van der Waals surface area contributed by atoms with E-state index in [1.807, 2.05) is 48.5 Å². The second-order valence-electron chi connectivity index (χ2n) is 11.5. The first-order valence-corrected chi connectivity index (χ1v) is 17.2. The van der Waals surface area contributed by atoms with Crippen LogP contribution in [-0.2, 0) is 37.2 Å². The monoisotopic (exact) mass is 701 g/mol. The number of phosphoric acid groups is 1. The van der Waals surface area contributed by atoms with Crippen molar-refractivity contribution in [2.24, 2.45) is 16.7 Å². The third-order valence-corrected chi connectivity index (χ3v) is 10.5. The van der Waals surface area contributed by atoms with E-state index >= 15 is 0 Å². The number of hydrogen-bond acceptors (Lipinski definition) is 13. The minimum absolute atomic E-state index is 0.0290. The summed E-state index contributed by atoms with van der Waals surface area (Å²) >= 11 is 5.41. The van der Waals surface area contributed by atoms with Gasteiger partial charge in [-0.3, -0.25) is 27.7 Å². The largest absolute Gasteiger partial charge is 0.474 e. The van der Waals surface area contributed by atoms with Gasteiger partial charge in [-0.1, -0.05) is 72.0 Å². The number of nitrogens with two attached hydrogens (primary N) is 1. The topological polar surface area (TPSA) is 158 Å². The normalized spacial score (nSPS) is 21.8. The molecule has 0 spiro atoms. The van der Waals surface area contributed by atoms with Crippen LogP contribution in [0.3, 0.4) is 0 Å². The van der Waals surface area contributed by atoms with Crippen LogP contribution >= 0.6 is 47.3 Å². The molecule has 2 heterocycles. The molecule has 0 amide bonds. The second kappa shape index (κ2) is 15.3. The van der Waals surface area contributed by atoms with E-state index in [4.69, 9.17) is 28.8 Å². The lowest BCUT2D eigenvalue weighted by molar-refractivity contribution is -0.118. The third-order valence-electron chi connectivity index (χ3n) is 5.93. The first-order chi connectivity index (χ1) is 18.9. The van der Waals surface area contributed by atoms with E-state index in [2.05, 4.69) is 20.9 Å². The van der Waals surface area contributed by atoms with Crippen LogP contribution in [0.5, 0.6) is 0 Å². The Hall–Kier alpha value is -0.770. The standard InChI is InChI=1S/C25H41BrN3O9PS2/c1-15-17(38-20(18(15)34-8)29-13-16(26)19(27)28-23(29)32)14-37-39(33,35-9-11-40-21(30)24(2,3)4)36-10-12-41-22(31)25(5,6)7/h13,15,17-18,20H,9-12,14H2,1-8H3,(H2,27,28,32)/t15-,17-,18-,20-/m1/s1. The highest BCUT2D eigenvalue weighted by Crippen LogP contribution is 2.51. The SMILES string of the molecule is CO[C@@H]1[C@H](C)[C@@H](COP(=O)(OCCSC(=O)C(C)(C)C)OCCSC(=O)C(C)(C)C)O[C@H]1n1cc(Br)c(N)nc1=O. The fourth-order valence-corrected chi connectivity index (χ4v) is 6.82. The Labute approximate surface area is 258 Å². The van der Waals surface area contributed by atoms with Crippen molar-refractivity contribution in [3.05, 3.63) is 21.2 Å². The number of aromatic nitrogens is 2. The molecule has 2 rings (SSSR count).